The summed E-state index contributed by atoms with van der Waals surface area (Å²) in [6, 6.07) is 10.4. The normalized spacial score (nSPS) is 36.1. The first-order chi connectivity index (χ1) is 8.20. The lowest BCUT2D eigenvalue weighted by molar-refractivity contribution is -0.368. The van der Waals surface area contributed by atoms with Crippen LogP contribution in [0, 0.1) is 0 Å². The summed E-state index contributed by atoms with van der Waals surface area (Å²) in [6.07, 6.45) is 2.59. The molecule has 92 valence electrons. The lowest BCUT2D eigenvalue weighted by Crippen LogP contribution is -2.43. The largest absolute Gasteiger partial charge is 0.327 e. The Kier molecular flexibility index (Phi) is 2.69. The van der Waals surface area contributed by atoms with Crippen molar-refractivity contribution in [1.29, 1.82) is 0 Å². The smallest absolute Gasteiger partial charge is 0.283 e. The molecule has 2 fully saturated rings. The van der Waals surface area contributed by atoms with E-state index in [0.717, 1.165) is 25.9 Å². The quantitative estimate of drug-likeness (QED) is 0.804. The van der Waals surface area contributed by atoms with Crippen molar-refractivity contribution in [3.05, 3.63) is 35.9 Å². The molecule has 0 aliphatic carbocycles. The average molecular weight is 234 g/mol. The lowest BCUT2D eigenvalue weighted by Gasteiger charge is -2.35. The number of fused-ring (bicyclic) bond motifs is 2. The predicted molar refractivity (Wildman–Crippen MR) is 63.5 cm³/mol. The topological polar surface area (TPSA) is 27.7 Å². The number of hydrogen-bond donors (Lipinski definition) is 0. The van der Waals surface area contributed by atoms with Gasteiger partial charge in [0.2, 0.25) is 0 Å². The van der Waals surface area contributed by atoms with Gasteiger partial charge in [0, 0.05) is 12.8 Å². The van der Waals surface area contributed by atoms with Crippen LogP contribution in [-0.4, -0.2) is 24.8 Å². The van der Waals surface area contributed by atoms with E-state index in [9.17, 15) is 0 Å². The van der Waals surface area contributed by atoms with E-state index in [1.54, 1.807) is 0 Å². The van der Waals surface area contributed by atoms with Crippen LogP contribution in [0.15, 0.2) is 30.3 Å². The monoisotopic (exact) mass is 234 g/mol. The van der Waals surface area contributed by atoms with Crippen molar-refractivity contribution in [3.63, 3.8) is 0 Å². The van der Waals surface area contributed by atoms with Crippen molar-refractivity contribution in [2.75, 3.05) is 13.2 Å². The third-order valence-electron chi connectivity index (χ3n) is 3.51. The predicted octanol–water partition coefficient (Wildman–Crippen LogP) is 2.50. The second kappa shape index (κ2) is 4.09. The van der Waals surface area contributed by atoms with Crippen LogP contribution in [0.2, 0.25) is 0 Å². The molecule has 3 rings (SSSR count). The first kappa shape index (κ1) is 11.2. The van der Waals surface area contributed by atoms with Crippen molar-refractivity contribution in [2.24, 2.45) is 0 Å². The van der Waals surface area contributed by atoms with Crippen LogP contribution in [0.1, 0.15) is 25.3 Å². The highest BCUT2D eigenvalue weighted by molar-refractivity contribution is 5.14. The van der Waals surface area contributed by atoms with Crippen molar-refractivity contribution < 1.29 is 14.2 Å². The summed E-state index contributed by atoms with van der Waals surface area (Å²) >= 11 is 0. The third kappa shape index (κ3) is 2.23. The highest BCUT2D eigenvalue weighted by Gasteiger charge is 2.52. The summed E-state index contributed by atoms with van der Waals surface area (Å²) in [4.78, 5) is 0. The Hall–Kier alpha value is -0.900. The van der Waals surface area contributed by atoms with Crippen molar-refractivity contribution in [2.45, 2.75) is 37.8 Å². The van der Waals surface area contributed by atoms with Crippen LogP contribution in [0.5, 0.6) is 0 Å². The molecule has 0 spiro atoms. The fourth-order valence-corrected chi connectivity index (χ4v) is 2.45. The highest BCUT2D eigenvalue weighted by Crippen LogP contribution is 2.41. The molecule has 2 saturated heterocycles. The van der Waals surface area contributed by atoms with E-state index in [-0.39, 0.29) is 5.60 Å². The molecule has 0 amide bonds. The van der Waals surface area contributed by atoms with Gasteiger partial charge in [-0.15, -0.1) is 0 Å². The number of aryl methyl sites for hydroxylation is 1. The minimum Gasteiger partial charge on any atom is -0.327 e. The van der Waals surface area contributed by atoms with Gasteiger partial charge in [-0.25, -0.2) is 0 Å². The van der Waals surface area contributed by atoms with E-state index in [1.807, 2.05) is 6.07 Å². The number of rotatable bonds is 3. The van der Waals surface area contributed by atoms with Crippen molar-refractivity contribution in [3.8, 4) is 0 Å². The summed E-state index contributed by atoms with van der Waals surface area (Å²) in [5.41, 5.74) is 1.14. The molecule has 2 unspecified atom stereocenters. The van der Waals surface area contributed by atoms with E-state index in [4.69, 9.17) is 14.2 Å². The molecule has 2 heterocycles. The fraction of sp³-hybridized carbons (Fsp3) is 0.571. The van der Waals surface area contributed by atoms with Gasteiger partial charge in [0.1, 0.15) is 0 Å². The molecule has 3 heteroatoms. The van der Waals surface area contributed by atoms with Gasteiger partial charge in [-0.3, -0.25) is 0 Å². The SMILES string of the molecule is CC12CCOC(CCc3ccccc3)(OC1)O2. The molecular weight excluding hydrogens is 216 g/mol. The second-order valence-corrected chi connectivity index (χ2v) is 5.11. The molecule has 2 bridgehead atoms. The van der Waals surface area contributed by atoms with Crippen molar-refractivity contribution >= 4 is 0 Å². The van der Waals surface area contributed by atoms with Gasteiger partial charge in [-0.05, 0) is 18.9 Å². The van der Waals surface area contributed by atoms with Gasteiger partial charge < -0.3 is 14.2 Å². The van der Waals surface area contributed by atoms with Gasteiger partial charge in [0.15, 0.2) is 0 Å². The number of benzene rings is 1. The highest BCUT2D eigenvalue weighted by atomic mass is 16.9. The van der Waals surface area contributed by atoms with Crippen LogP contribution in [-0.2, 0) is 20.6 Å². The molecular formula is C14H18O3. The van der Waals surface area contributed by atoms with Gasteiger partial charge in [-0.2, -0.15) is 0 Å². The Morgan fingerprint density at radius 3 is 2.82 bits per heavy atom. The van der Waals surface area contributed by atoms with E-state index in [2.05, 4.69) is 31.2 Å². The molecule has 1 aromatic carbocycles. The van der Waals surface area contributed by atoms with Crippen LogP contribution < -0.4 is 0 Å². The molecule has 0 saturated carbocycles. The van der Waals surface area contributed by atoms with Crippen LogP contribution in [0.3, 0.4) is 0 Å². The van der Waals surface area contributed by atoms with Crippen LogP contribution >= 0.6 is 0 Å². The Bertz CT molecular complexity index is 392. The van der Waals surface area contributed by atoms with E-state index in [0.29, 0.717) is 6.61 Å². The zero-order chi connectivity index (χ0) is 11.8. The summed E-state index contributed by atoms with van der Waals surface area (Å²) in [6.45, 7) is 3.47. The number of ether oxygens (including phenoxy) is 3. The maximum absolute atomic E-state index is 5.95. The van der Waals surface area contributed by atoms with Gasteiger partial charge in [0.25, 0.3) is 5.97 Å². The molecule has 2 aliphatic rings. The maximum atomic E-state index is 5.95. The minimum absolute atomic E-state index is 0.144. The summed E-state index contributed by atoms with van der Waals surface area (Å²) in [7, 11) is 0. The molecule has 2 aliphatic heterocycles. The molecule has 0 aromatic heterocycles. The number of hydrogen-bond acceptors (Lipinski definition) is 3. The zero-order valence-electron chi connectivity index (χ0n) is 10.1. The molecule has 0 N–H and O–H groups in total. The van der Waals surface area contributed by atoms with Crippen LogP contribution in [0.25, 0.3) is 0 Å². The molecule has 2 atom stereocenters. The first-order valence-electron chi connectivity index (χ1n) is 6.22. The first-order valence-corrected chi connectivity index (χ1v) is 6.22. The van der Waals surface area contributed by atoms with E-state index < -0.39 is 5.97 Å². The van der Waals surface area contributed by atoms with Crippen molar-refractivity contribution in [1.82, 2.24) is 0 Å². The third-order valence-corrected chi connectivity index (χ3v) is 3.51. The molecule has 17 heavy (non-hydrogen) atoms. The average Bonchev–Trinajstić information content (AvgIpc) is 2.59. The Morgan fingerprint density at radius 2 is 2.00 bits per heavy atom. The van der Waals surface area contributed by atoms with Crippen LogP contribution in [0.4, 0.5) is 0 Å². The summed E-state index contributed by atoms with van der Waals surface area (Å²) in [5, 5.41) is 0. The fourth-order valence-electron chi connectivity index (χ4n) is 2.45. The second-order valence-electron chi connectivity index (χ2n) is 5.11. The van der Waals surface area contributed by atoms with E-state index >= 15 is 0 Å². The standard InChI is InChI=1S/C14H18O3/c1-13-9-10-15-14(17-13,16-11-13)8-7-12-5-3-2-4-6-12/h2-6H,7-11H2,1H3. The summed E-state index contributed by atoms with van der Waals surface area (Å²) in [5.74, 6) is -0.789. The summed E-state index contributed by atoms with van der Waals surface area (Å²) < 4.78 is 17.4. The van der Waals surface area contributed by atoms with Gasteiger partial charge in [0.05, 0.1) is 18.8 Å². The van der Waals surface area contributed by atoms with E-state index in [1.165, 1.54) is 5.56 Å². The molecule has 1 aromatic rings. The van der Waals surface area contributed by atoms with Gasteiger partial charge >= 0.3 is 0 Å². The Labute approximate surface area is 102 Å². The van der Waals surface area contributed by atoms with Gasteiger partial charge in [-0.1, -0.05) is 30.3 Å². The molecule has 3 nitrogen and oxygen atoms in total. The molecule has 0 radical (unpaired) electrons. The lowest BCUT2D eigenvalue weighted by atomic mass is 10.0. The minimum atomic E-state index is -0.789. The Morgan fingerprint density at radius 1 is 1.18 bits per heavy atom. The zero-order valence-corrected chi connectivity index (χ0v) is 10.1. The maximum Gasteiger partial charge on any atom is 0.283 e. The Balaban J connectivity index is 1.66.